The number of carbonyl (C=O) groups excluding carboxylic acids is 1. The number of amides is 1. The van der Waals surface area contributed by atoms with E-state index in [2.05, 4.69) is 4.98 Å². The van der Waals surface area contributed by atoms with E-state index in [4.69, 9.17) is 27.6 Å². The Balaban J connectivity index is 1.80. The van der Waals surface area contributed by atoms with Crippen LogP contribution in [0.15, 0.2) is 71.5 Å². The lowest BCUT2D eigenvalue weighted by atomic mass is 10.2. The smallest absolute Gasteiger partial charge is 0.247 e. The highest BCUT2D eigenvalue weighted by Crippen LogP contribution is 2.23. The molecule has 0 saturated heterocycles. The van der Waals surface area contributed by atoms with Gasteiger partial charge >= 0.3 is 0 Å². The molecule has 0 aliphatic carbocycles. The maximum Gasteiger partial charge on any atom is 0.247 e. The van der Waals surface area contributed by atoms with E-state index in [1.165, 1.54) is 6.08 Å². The number of rotatable bonds is 6. The SMILES string of the molecule is O=C(C=Cc1ccco1)N(Cc1ccc(Cl)c(Cl)c1)Cc1ccccn1. The molecule has 4 nitrogen and oxygen atoms in total. The minimum absolute atomic E-state index is 0.155. The molecule has 0 saturated carbocycles. The van der Waals surface area contributed by atoms with Gasteiger partial charge in [0, 0.05) is 18.8 Å². The average Bonchev–Trinajstić information content (AvgIpc) is 3.17. The van der Waals surface area contributed by atoms with Gasteiger partial charge in [0.15, 0.2) is 0 Å². The zero-order chi connectivity index (χ0) is 18.4. The summed E-state index contributed by atoms with van der Waals surface area (Å²) in [6.07, 6.45) is 6.39. The van der Waals surface area contributed by atoms with E-state index in [1.54, 1.807) is 47.7 Å². The predicted octanol–water partition coefficient (Wildman–Crippen LogP) is 5.22. The minimum Gasteiger partial charge on any atom is -0.465 e. The highest BCUT2D eigenvalue weighted by Gasteiger charge is 2.14. The number of aromatic nitrogens is 1. The number of pyridine rings is 1. The van der Waals surface area contributed by atoms with Crippen LogP contribution in [0.2, 0.25) is 10.0 Å². The largest absolute Gasteiger partial charge is 0.465 e. The Bertz CT molecular complexity index is 893. The van der Waals surface area contributed by atoms with Gasteiger partial charge in [0.05, 0.1) is 28.5 Å². The normalized spacial score (nSPS) is 11.0. The van der Waals surface area contributed by atoms with Crippen LogP contribution in [0.4, 0.5) is 0 Å². The van der Waals surface area contributed by atoms with Crippen LogP contribution in [-0.4, -0.2) is 15.8 Å². The van der Waals surface area contributed by atoms with E-state index >= 15 is 0 Å². The van der Waals surface area contributed by atoms with Crippen molar-refractivity contribution in [2.75, 3.05) is 0 Å². The molecule has 0 unspecified atom stereocenters. The van der Waals surface area contributed by atoms with Crippen LogP contribution in [-0.2, 0) is 17.9 Å². The summed E-state index contributed by atoms with van der Waals surface area (Å²) in [6.45, 7) is 0.761. The summed E-state index contributed by atoms with van der Waals surface area (Å²) in [6, 6.07) is 14.5. The zero-order valence-electron chi connectivity index (χ0n) is 13.8. The molecule has 0 bridgehead atoms. The minimum atomic E-state index is -0.155. The number of furan rings is 1. The van der Waals surface area contributed by atoms with Gasteiger partial charge in [-0.25, -0.2) is 0 Å². The fraction of sp³-hybridized carbons (Fsp3) is 0.100. The highest BCUT2D eigenvalue weighted by molar-refractivity contribution is 6.42. The first-order valence-electron chi connectivity index (χ1n) is 7.96. The number of hydrogen-bond acceptors (Lipinski definition) is 3. The number of benzene rings is 1. The summed E-state index contributed by atoms with van der Waals surface area (Å²) in [5, 5.41) is 0.941. The van der Waals surface area contributed by atoms with Crippen LogP contribution in [0.5, 0.6) is 0 Å². The van der Waals surface area contributed by atoms with Crippen LogP contribution in [0.3, 0.4) is 0 Å². The molecule has 0 atom stereocenters. The Morgan fingerprint density at radius 1 is 1.08 bits per heavy atom. The van der Waals surface area contributed by atoms with Crippen LogP contribution in [0, 0.1) is 0 Å². The fourth-order valence-electron chi connectivity index (χ4n) is 2.40. The molecule has 0 aliphatic rings. The summed E-state index contributed by atoms with van der Waals surface area (Å²) in [4.78, 5) is 18.7. The van der Waals surface area contributed by atoms with Crippen LogP contribution < -0.4 is 0 Å². The summed E-state index contributed by atoms with van der Waals surface area (Å²) >= 11 is 12.1. The highest BCUT2D eigenvalue weighted by atomic mass is 35.5. The van der Waals surface area contributed by atoms with E-state index in [1.807, 2.05) is 24.3 Å². The molecule has 6 heteroatoms. The lowest BCUT2D eigenvalue weighted by molar-refractivity contribution is -0.127. The Labute approximate surface area is 161 Å². The van der Waals surface area contributed by atoms with Crippen LogP contribution in [0.25, 0.3) is 6.08 Å². The molecule has 0 radical (unpaired) electrons. The summed E-state index contributed by atoms with van der Waals surface area (Å²) in [5.74, 6) is 0.462. The quantitative estimate of drug-likeness (QED) is 0.545. The third kappa shape index (κ3) is 4.97. The van der Waals surface area contributed by atoms with Crippen molar-refractivity contribution in [3.63, 3.8) is 0 Å². The Morgan fingerprint density at radius 3 is 2.65 bits per heavy atom. The fourth-order valence-corrected chi connectivity index (χ4v) is 2.72. The molecule has 0 fully saturated rings. The first kappa shape index (κ1) is 18.2. The van der Waals surface area contributed by atoms with Gasteiger partial charge in [-0.3, -0.25) is 9.78 Å². The van der Waals surface area contributed by atoms with Gasteiger partial charge in [-0.2, -0.15) is 0 Å². The summed E-state index contributed by atoms with van der Waals surface area (Å²) in [7, 11) is 0. The second-order valence-corrected chi connectivity index (χ2v) is 6.43. The van der Waals surface area contributed by atoms with Crippen molar-refractivity contribution < 1.29 is 9.21 Å². The number of halogens is 2. The molecule has 2 aromatic heterocycles. The Hall–Kier alpha value is -2.56. The number of carbonyl (C=O) groups is 1. The first-order valence-corrected chi connectivity index (χ1v) is 8.72. The third-order valence-corrected chi connectivity index (χ3v) is 4.42. The van der Waals surface area contributed by atoms with E-state index in [0.717, 1.165) is 11.3 Å². The maximum atomic E-state index is 12.7. The number of hydrogen-bond donors (Lipinski definition) is 0. The van der Waals surface area contributed by atoms with Crippen LogP contribution in [0.1, 0.15) is 17.0 Å². The summed E-state index contributed by atoms with van der Waals surface area (Å²) < 4.78 is 5.23. The maximum absolute atomic E-state index is 12.7. The third-order valence-electron chi connectivity index (χ3n) is 3.68. The van der Waals surface area contributed by atoms with Crippen molar-refractivity contribution in [1.82, 2.24) is 9.88 Å². The van der Waals surface area contributed by atoms with E-state index in [-0.39, 0.29) is 5.91 Å². The van der Waals surface area contributed by atoms with Gasteiger partial charge in [0.1, 0.15) is 5.76 Å². The monoisotopic (exact) mass is 386 g/mol. The topological polar surface area (TPSA) is 46.3 Å². The van der Waals surface area contributed by atoms with Gasteiger partial charge in [0.2, 0.25) is 5.91 Å². The van der Waals surface area contributed by atoms with Gasteiger partial charge in [-0.15, -0.1) is 0 Å². The van der Waals surface area contributed by atoms with Crippen molar-refractivity contribution in [3.8, 4) is 0 Å². The lowest BCUT2D eigenvalue weighted by Crippen LogP contribution is -2.28. The predicted molar refractivity (Wildman–Crippen MR) is 103 cm³/mol. The van der Waals surface area contributed by atoms with Gasteiger partial charge < -0.3 is 9.32 Å². The van der Waals surface area contributed by atoms with Crippen molar-refractivity contribution >= 4 is 35.2 Å². The van der Waals surface area contributed by atoms with Gasteiger partial charge in [-0.05, 0) is 48.0 Å². The molecule has 3 aromatic rings. The van der Waals surface area contributed by atoms with Crippen molar-refractivity contribution in [2.45, 2.75) is 13.1 Å². The molecule has 1 amide bonds. The lowest BCUT2D eigenvalue weighted by Gasteiger charge is -2.21. The van der Waals surface area contributed by atoms with E-state index in [0.29, 0.717) is 28.9 Å². The molecule has 3 rings (SSSR count). The molecule has 1 aromatic carbocycles. The molecule has 0 spiro atoms. The summed E-state index contributed by atoms with van der Waals surface area (Å²) in [5.41, 5.74) is 1.68. The van der Waals surface area contributed by atoms with Gasteiger partial charge in [0.25, 0.3) is 0 Å². The second kappa shape index (κ2) is 8.70. The Morgan fingerprint density at radius 2 is 1.96 bits per heavy atom. The molecule has 132 valence electrons. The molecular formula is C20H16Cl2N2O2. The second-order valence-electron chi connectivity index (χ2n) is 5.61. The molecule has 2 heterocycles. The zero-order valence-corrected chi connectivity index (χ0v) is 15.3. The molecule has 0 N–H and O–H groups in total. The number of nitrogens with zero attached hydrogens (tertiary/aromatic N) is 2. The van der Waals surface area contributed by atoms with E-state index < -0.39 is 0 Å². The first-order chi connectivity index (χ1) is 12.6. The van der Waals surface area contributed by atoms with Crippen LogP contribution >= 0.6 is 23.2 Å². The molecular weight excluding hydrogens is 371 g/mol. The van der Waals surface area contributed by atoms with Gasteiger partial charge in [-0.1, -0.05) is 35.3 Å². The average molecular weight is 387 g/mol. The van der Waals surface area contributed by atoms with E-state index in [9.17, 15) is 4.79 Å². The standard InChI is InChI=1S/C20H16Cl2N2O2/c21-18-8-6-15(12-19(18)22)13-24(14-16-4-1-2-10-23-16)20(25)9-7-17-5-3-11-26-17/h1-12H,13-14H2. The van der Waals surface area contributed by atoms with Crippen molar-refractivity contribution in [1.29, 1.82) is 0 Å². The molecule has 0 aliphatic heterocycles. The van der Waals surface area contributed by atoms with Crippen molar-refractivity contribution in [2.24, 2.45) is 0 Å². The van der Waals surface area contributed by atoms with Crippen molar-refractivity contribution in [3.05, 3.63) is 94.1 Å². The molecule has 26 heavy (non-hydrogen) atoms. The Kier molecular flexibility index (Phi) is 6.10.